The highest BCUT2D eigenvalue weighted by Gasteiger charge is 2.59. The van der Waals surface area contributed by atoms with Crippen molar-refractivity contribution < 1.29 is 14.6 Å². The molecule has 1 N–H and O–H groups in total. The van der Waals surface area contributed by atoms with Crippen LogP contribution in [0.4, 0.5) is 0 Å². The number of carbonyl (C=O) groups is 1. The Bertz CT molecular complexity index is 537. The molecule has 0 unspecified atom stereocenters. The Morgan fingerprint density at radius 1 is 1.32 bits per heavy atom. The third-order valence-electron chi connectivity index (χ3n) is 4.69. The second kappa shape index (κ2) is 6.66. The zero-order valence-corrected chi connectivity index (χ0v) is 13.6. The number of benzene rings is 1. The van der Waals surface area contributed by atoms with E-state index < -0.39 is 11.0 Å². The summed E-state index contributed by atoms with van der Waals surface area (Å²) in [5.74, 6) is -0.278. The minimum atomic E-state index is -1.07. The van der Waals surface area contributed by atoms with Gasteiger partial charge in [0.25, 0.3) is 0 Å². The van der Waals surface area contributed by atoms with E-state index in [0.29, 0.717) is 32.3 Å². The molecule has 3 heteroatoms. The average Bonchev–Trinajstić information content (AvgIpc) is 2.77. The van der Waals surface area contributed by atoms with Gasteiger partial charge >= 0.3 is 5.97 Å². The molecule has 0 spiro atoms. The molecule has 0 saturated heterocycles. The third-order valence-corrected chi connectivity index (χ3v) is 4.69. The maximum absolute atomic E-state index is 12.8. The topological polar surface area (TPSA) is 46.5 Å². The van der Waals surface area contributed by atoms with Gasteiger partial charge in [0.1, 0.15) is 5.41 Å². The van der Waals surface area contributed by atoms with Crippen molar-refractivity contribution in [3.8, 4) is 0 Å². The number of hydrogen-bond donors (Lipinski definition) is 1. The maximum Gasteiger partial charge on any atom is 0.315 e. The van der Waals surface area contributed by atoms with Crippen LogP contribution >= 0.6 is 0 Å². The predicted molar refractivity (Wildman–Crippen MR) is 87.4 cm³/mol. The van der Waals surface area contributed by atoms with Gasteiger partial charge in [0.15, 0.2) is 0 Å². The molecule has 3 nitrogen and oxygen atoms in total. The minimum Gasteiger partial charge on any atom is -0.465 e. The molecule has 1 saturated carbocycles. The lowest BCUT2D eigenvalue weighted by atomic mass is 9.68. The first-order valence-electron chi connectivity index (χ1n) is 8.01. The Morgan fingerprint density at radius 2 is 2.00 bits per heavy atom. The van der Waals surface area contributed by atoms with E-state index in [2.05, 4.69) is 6.58 Å². The van der Waals surface area contributed by atoms with E-state index >= 15 is 0 Å². The summed E-state index contributed by atoms with van der Waals surface area (Å²) in [6, 6.07) is 9.87. The van der Waals surface area contributed by atoms with Crippen LogP contribution in [0.5, 0.6) is 0 Å². The van der Waals surface area contributed by atoms with Crippen molar-refractivity contribution in [3.63, 3.8) is 0 Å². The molecule has 0 bridgehead atoms. The van der Waals surface area contributed by atoms with Gasteiger partial charge in [-0.2, -0.15) is 0 Å². The van der Waals surface area contributed by atoms with Crippen LogP contribution in [0.3, 0.4) is 0 Å². The molecule has 22 heavy (non-hydrogen) atoms. The van der Waals surface area contributed by atoms with Gasteiger partial charge in [-0.3, -0.25) is 4.79 Å². The van der Waals surface area contributed by atoms with E-state index in [1.165, 1.54) is 0 Å². The SMILES string of the molecule is C=C(C)C[C@@]1(O)CCC[C@@]1(Cc1ccccc1)C(=O)OCC. The Labute approximate surface area is 133 Å². The highest BCUT2D eigenvalue weighted by Crippen LogP contribution is 2.52. The standard InChI is InChI=1S/C19H26O3/c1-4-22-17(20)18(14-16-9-6-5-7-10-16)11-8-12-19(18,21)13-15(2)3/h5-7,9-10,21H,2,4,8,11-14H2,1,3H3/t18-,19+/m1/s1. The molecule has 1 aliphatic carbocycles. The van der Waals surface area contributed by atoms with Gasteiger partial charge in [0, 0.05) is 0 Å². The zero-order chi connectivity index (χ0) is 16.2. The quantitative estimate of drug-likeness (QED) is 0.644. The lowest BCUT2D eigenvalue weighted by molar-refractivity contribution is -0.171. The van der Waals surface area contributed by atoms with Crippen LogP contribution in [-0.2, 0) is 16.0 Å². The molecule has 0 aliphatic heterocycles. The molecule has 2 rings (SSSR count). The molecule has 1 aliphatic rings. The van der Waals surface area contributed by atoms with Crippen LogP contribution in [0.15, 0.2) is 42.5 Å². The van der Waals surface area contributed by atoms with Gasteiger partial charge in [0.2, 0.25) is 0 Å². The van der Waals surface area contributed by atoms with Crippen LogP contribution in [0.2, 0.25) is 0 Å². The fraction of sp³-hybridized carbons (Fsp3) is 0.526. The summed E-state index contributed by atoms with van der Waals surface area (Å²) < 4.78 is 5.35. The van der Waals surface area contributed by atoms with Gasteiger partial charge < -0.3 is 9.84 Å². The number of hydrogen-bond acceptors (Lipinski definition) is 3. The fourth-order valence-electron chi connectivity index (χ4n) is 3.74. The second-order valence-electron chi connectivity index (χ2n) is 6.48. The fourth-order valence-corrected chi connectivity index (χ4v) is 3.74. The summed E-state index contributed by atoms with van der Waals surface area (Å²) in [6.45, 7) is 7.97. The van der Waals surface area contributed by atoms with E-state index in [4.69, 9.17) is 4.74 Å². The second-order valence-corrected chi connectivity index (χ2v) is 6.48. The monoisotopic (exact) mass is 302 g/mol. The van der Waals surface area contributed by atoms with Gasteiger partial charge in [-0.15, -0.1) is 6.58 Å². The summed E-state index contributed by atoms with van der Waals surface area (Å²) >= 11 is 0. The summed E-state index contributed by atoms with van der Waals surface area (Å²) in [7, 11) is 0. The highest BCUT2D eigenvalue weighted by molar-refractivity contribution is 5.79. The number of aliphatic hydroxyl groups is 1. The van der Waals surface area contributed by atoms with Crippen molar-refractivity contribution in [3.05, 3.63) is 48.0 Å². The van der Waals surface area contributed by atoms with E-state index in [9.17, 15) is 9.90 Å². The number of esters is 1. The molecule has 2 atom stereocenters. The average molecular weight is 302 g/mol. The molecule has 120 valence electrons. The van der Waals surface area contributed by atoms with E-state index in [1.54, 1.807) is 6.92 Å². The first-order valence-corrected chi connectivity index (χ1v) is 8.01. The molecular formula is C19H26O3. The van der Waals surface area contributed by atoms with E-state index in [0.717, 1.165) is 17.6 Å². The van der Waals surface area contributed by atoms with E-state index in [1.807, 2.05) is 37.3 Å². The number of ether oxygens (including phenoxy) is 1. The summed E-state index contributed by atoms with van der Waals surface area (Å²) in [5, 5.41) is 11.3. The molecule has 0 heterocycles. The molecule has 0 aromatic heterocycles. The zero-order valence-electron chi connectivity index (χ0n) is 13.6. The largest absolute Gasteiger partial charge is 0.465 e. The number of rotatable bonds is 6. The maximum atomic E-state index is 12.8. The first-order chi connectivity index (χ1) is 10.4. The van der Waals surface area contributed by atoms with Crippen molar-refractivity contribution >= 4 is 5.97 Å². The van der Waals surface area contributed by atoms with Crippen molar-refractivity contribution in [1.82, 2.24) is 0 Å². The van der Waals surface area contributed by atoms with E-state index in [-0.39, 0.29) is 5.97 Å². The van der Waals surface area contributed by atoms with Gasteiger partial charge in [-0.1, -0.05) is 35.9 Å². The summed E-state index contributed by atoms with van der Waals surface area (Å²) in [6.07, 6.45) is 3.06. The van der Waals surface area contributed by atoms with Crippen molar-refractivity contribution in [1.29, 1.82) is 0 Å². The molecular weight excluding hydrogens is 276 g/mol. The Hall–Kier alpha value is -1.61. The van der Waals surface area contributed by atoms with Crippen LogP contribution in [0, 0.1) is 5.41 Å². The van der Waals surface area contributed by atoms with Gasteiger partial charge in [-0.25, -0.2) is 0 Å². The molecule has 1 fully saturated rings. The van der Waals surface area contributed by atoms with Gasteiger partial charge in [0.05, 0.1) is 12.2 Å². The van der Waals surface area contributed by atoms with Crippen LogP contribution in [0.1, 0.15) is 45.1 Å². The Morgan fingerprint density at radius 3 is 2.59 bits per heavy atom. The third kappa shape index (κ3) is 3.09. The normalized spacial score (nSPS) is 27.6. The molecule has 1 aromatic carbocycles. The van der Waals surface area contributed by atoms with Crippen LogP contribution < -0.4 is 0 Å². The lowest BCUT2D eigenvalue weighted by Crippen LogP contribution is -2.51. The summed E-state index contributed by atoms with van der Waals surface area (Å²) in [4.78, 5) is 12.8. The lowest BCUT2D eigenvalue weighted by Gasteiger charge is -2.40. The van der Waals surface area contributed by atoms with Crippen molar-refractivity contribution in [2.75, 3.05) is 6.61 Å². The molecule has 1 aromatic rings. The van der Waals surface area contributed by atoms with Crippen molar-refractivity contribution in [2.45, 2.75) is 51.6 Å². The smallest absolute Gasteiger partial charge is 0.315 e. The summed E-state index contributed by atoms with van der Waals surface area (Å²) in [5.41, 5.74) is 0.00766. The van der Waals surface area contributed by atoms with Gasteiger partial charge in [-0.05, 0) is 51.5 Å². The van der Waals surface area contributed by atoms with Crippen LogP contribution in [-0.4, -0.2) is 23.3 Å². The Balaban J connectivity index is 2.40. The Kier molecular flexibility index (Phi) is 5.07. The molecule has 0 amide bonds. The van der Waals surface area contributed by atoms with Crippen molar-refractivity contribution in [2.24, 2.45) is 5.41 Å². The number of carbonyl (C=O) groups excluding carboxylic acids is 1. The first kappa shape index (κ1) is 16.8. The minimum absolute atomic E-state index is 0.278. The molecule has 0 radical (unpaired) electrons. The van der Waals surface area contributed by atoms with Crippen LogP contribution in [0.25, 0.3) is 0 Å². The predicted octanol–water partition coefficient (Wildman–Crippen LogP) is 3.66. The highest BCUT2D eigenvalue weighted by atomic mass is 16.5.